The highest BCUT2D eigenvalue weighted by Gasteiger charge is 2.35. The molecule has 1 aliphatic rings. The first-order chi connectivity index (χ1) is 17.0. The zero-order chi connectivity index (χ0) is 26.5. The van der Waals surface area contributed by atoms with Gasteiger partial charge in [-0.3, -0.25) is 24.5 Å². The molecular weight excluding hydrogens is 494 g/mol. The molecule has 1 unspecified atom stereocenters. The van der Waals surface area contributed by atoms with Gasteiger partial charge < -0.3 is 15.1 Å². The van der Waals surface area contributed by atoms with E-state index >= 15 is 0 Å². The van der Waals surface area contributed by atoms with E-state index in [0.717, 1.165) is 16.4 Å². The summed E-state index contributed by atoms with van der Waals surface area (Å²) in [7, 11) is -3.98. The van der Waals surface area contributed by atoms with Crippen molar-refractivity contribution in [2.45, 2.75) is 50.2 Å². The molecule has 14 heteroatoms. The summed E-state index contributed by atoms with van der Waals surface area (Å²) in [6.07, 6.45) is 2.10. The highest BCUT2D eigenvalue weighted by molar-refractivity contribution is 7.89. The van der Waals surface area contributed by atoms with Crippen molar-refractivity contribution < 1.29 is 32.1 Å². The summed E-state index contributed by atoms with van der Waals surface area (Å²) in [5.74, 6) is -2.89. The first-order valence-corrected chi connectivity index (χ1v) is 12.7. The van der Waals surface area contributed by atoms with Crippen LogP contribution in [0.15, 0.2) is 46.0 Å². The van der Waals surface area contributed by atoms with E-state index in [1.165, 1.54) is 18.3 Å². The molecule has 2 N–H and O–H groups in total. The maximum Gasteiger partial charge on any atom is 0.433 e. The number of nitrogens with one attached hydrogen (secondary N) is 2. The van der Waals surface area contributed by atoms with Crippen molar-refractivity contribution in [2.24, 2.45) is 5.92 Å². The molecule has 194 valence electrons. The summed E-state index contributed by atoms with van der Waals surface area (Å²) < 4.78 is 31.7. The molecule has 0 radical (unpaired) electrons. The van der Waals surface area contributed by atoms with E-state index < -0.39 is 57.1 Å². The standard InChI is InChI=1S/C22H27N5O8S/c1-14(2)12-16(25-22(30)18-8-9-20(35-18)27(31)32)21(29)24-15-6-5-11-26(13-17(15)28)36(33,34)19-7-3-4-10-23-19/h3-4,7-10,14-16H,5-6,11-13H2,1-2H3,(H,24,29)(H,25,30)/t15-,16?/m0/s1. The van der Waals surface area contributed by atoms with Crippen LogP contribution in [0.3, 0.4) is 0 Å². The zero-order valence-corrected chi connectivity index (χ0v) is 20.6. The van der Waals surface area contributed by atoms with Crippen LogP contribution in [0.5, 0.6) is 0 Å². The molecule has 36 heavy (non-hydrogen) atoms. The number of sulfonamides is 1. The summed E-state index contributed by atoms with van der Waals surface area (Å²) in [6, 6.07) is 4.62. The fourth-order valence-corrected chi connectivity index (χ4v) is 5.11. The lowest BCUT2D eigenvalue weighted by Crippen LogP contribution is -2.52. The third-order valence-corrected chi connectivity index (χ3v) is 7.27. The molecule has 0 bridgehead atoms. The van der Waals surface area contributed by atoms with Crippen LogP contribution in [0.1, 0.15) is 43.7 Å². The Balaban J connectivity index is 1.69. The SMILES string of the molecule is CC(C)CC(NC(=O)c1ccc([N+](=O)[O-])o1)C(=O)N[C@H]1CCCN(S(=O)(=O)c2ccccn2)CC1=O. The highest BCUT2D eigenvalue weighted by atomic mass is 32.2. The van der Waals surface area contributed by atoms with E-state index in [0.29, 0.717) is 6.42 Å². The van der Waals surface area contributed by atoms with Crippen LogP contribution in [0.25, 0.3) is 0 Å². The van der Waals surface area contributed by atoms with Crippen molar-refractivity contribution in [2.75, 3.05) is 13.1 Å². The molecule has 0 aliphatic carbocycles. The summed E-state index contributed by atoms with van der Waals surface area (Å²) in [5.41, 5.74) is 0. The minimum atomic E-state index is -3.98. The highest BCUT2D eigenvalue weighted by Crippen LogP contribution is 2.19. The number of amides is 2. The van der Waals surface area contributed by atoms with E-state index in [9.17, 15) is 32.9 Å². The Kier molecular flexibility index (Phi) is 8.53. The Morgan fingerprint density at radius 3 is 2.64 bits per heavy atom. The van der Waals surface area contributed by atoms with Crippen LogP contribution < -0.4 is 10.6 Å². The number of rotatable bonds is 9. The predicted octanol–water partition coefficient (Wildman–Crippen LogP) is 1.27. The van der Waals surface area contributed by atoms with Gasteiger partial charge in [-0.25, -0.2) is 13.4 Å². The number of Topliss-reactive ketones (excluding diaryl/α,β-unsaturated/α-hetero) is 1. The number of ketones is 1. The minimum absolute atomic E-state index is 0.0178. The number of furan rings is 1. The molecule has 2 atom stereocenters. The number of nitrogens with zero attached hydrogens (tertiary/aromatic N) is 3. The van der Waals surface area contributed by atoms with Crippen molar-refractivity contribution in [3.05, 3.63) is 52.4 Å². The summed E-state index contributed by atoms with van der Waals surface area (Å²) in [6.45, 7) is 3.32. The van der Waals surface area contributed by atoms with Crippen LogP contribution in [-0.2, 0) is 19.6 Å². The molecule has 1 aliphatic heterocycles. The lowest BCUT2D eigenvalue weighted by Gasteiger charge is -2.23. The maximum atomic E-state index is 13.0. The van der Waals surface area contributed by atoms with Crippen molar-refractivity contribution >= 4 is 33.5 Å². The van der Waals surface area contributed by atoms with Gasteiger partial charge in [-0.05, 0) is 43.4 Å². The van der Waals surface area contributed by atoms with Crippen LogP contribution >= 0.6 is 0 Å². The molecule has 0 saturated carbocycles. The Labute approximate surface area is 207 Å². The molecule has 13 nitrogen and oxygen atoms in total. The van der Waals surface area contributed by atoms with Crippen LogP contribution in [0, 0.1) is 16.0 Å². The number of carbonyl (C=O) groups is 3. The molecule has 1 saturated heterocycles. The fraction of sp³-hybridized carbons (Fsp3) is 0.455. The van der Waals surface area contributed by atoms with Gasteiger partial charge in [-0.1, -0.05) is 19.9 Å². The van der Waals surface area contributed by atoms with Gasteiger partial charge in [0.05, 0.1) is 18.7 Å². The zero-order valence-electron chi connectivity index (χ0n) is 19.7. The van der Waals surface area contributed by atoms with Gasteiger partial charge >= 0.3 is 5.88 Å². The number of hydrogen-bond acceptors (Lipinski definition) is 9. The van der Waals surface area contributed by atoms with Crippen molar-refractivity contribution in [3.8, 4) is 0 Å². The van der Waals surface area contributed by atoms with Gasteiger partial charge in [-0.2, -0.15) is 4.31 Å². The molecule has 2 aromatic rings. The smallest absolute Gasteiger partial charge is 0.395 e. The Bertz CT molecular complexity index is 1230. The maximum absolute atomic E-state index is 13.0. The van der Waals surface area contributed by atoms with Gasteiger partial charge in [0.15, 0.2) is 16.6 Å². The third-order valence-electron chi connectivity index (χ3n) is 5.50. The van der Waals surface area contributed by atoms with Crippen molar-refractivity contribution in [1.82, 2.24) is 19.9 Å². The van der Waals surface area contributed by atoms with Gasteiger partial charge in [0.2, 0.25) is 5.91 Å². The second-order valence-electron chi connectivity index (χ2n) is 8.73. The summed E-state index contributed by atoms with van der Waals surface area (Å²) in [5, 5.41) is 15.8. The molecule has 2 amide bonds. The first-order valence-electron chi connectivity index (χ1n) is 11.3. The minimum Gasteiger partial charge on any atom is -0.395 e. The van der Waals surface area contributed by atoms with Crippen LogP contribution in [-0.4, -0.2) is 65.4 Å². The molecule has 3 rings (SSSR count). The second-order valence-corrected chi connectivity index (χ2v) is 10.6. The number of hydrogen-bond donors (Lipinski definition) is 2. The lowest BCUT2D eigenvalue weighted by molar-refractivity contribution is -0.402. The predicted molar refractivity (Wildman–Crippen MR) is 125 cm³/mol. The second kappa shape index (κ2) is 11.4. The van der Waals surface area contributed by atoms with Gasteiger partial charge in [-0.15, -0.1) is 0 Å². The lowest BCUT2D eigenvalue weighted by atomic mass is 10.0. The summed E-state index contributed by atoms with van der Waals surface area (Å²) >= 11 is 0. The number of aromatic nitrogens is 1. The molecule has 1 fully saturated rings. The Morgan fingerprint density at radius 1 is 1.28 bits per heavy atom. The van der Waals surface area contributed by atoms with E-state index in [-0.39, 0.29) is 36.1 Å². The topological polar surface area (TPSA) is 182 Å². The molecule has 2 aromatic heterocycles. The molecule has 3 heterocycles. The molecular formula is C22H27N5O8S. The van der Waals surface area contributed by atoms with Gasteiger partial charge in [0.1, 0.15) is 11.0 Å². The normalized spacial score (nSPS) is 17.9. The molecule has 0 spiro atoms. The molecule has 0 aromatic carbocycles. The third kappa shape index (κ3) is 6.51. The van der Waals surface area contributed by atoms with E-state index in [1.54, 1.807) is 6.07 Å². The fourth-order valence-electron chi connectivity index (χ4n) is 3.74. The average molecular weight is 522 g/mol. The summed E-state index contributed by atoms with van der Waals surface area (Å²) in [4.78, 5) is 52.3. The number of nitro groups is 1. The van der Waals surface area contributed by atoms with Crippen LogP contribution in [0.2, 0.25) is 0 Å². The largest absolute Gasteiger partial charge is 0.433 e. The van der Waals surface area contributed by atoms with E-state index in [2.05, 4.69) is 15.6 Å². The number of carbonyl (C=O) groups excluding carboxylic acids is 3. The quantitative estimate of drug-likeness (QED) is 0.362. The van der Waals surface area contributed by atoms with Crippen molar-refractivity contribution in [3.63, 3.8) is 0 Å². The first kappa shape index (κ1) is 26.9. The Hall–Kier alpha value is -3.65. The van der Waals surface area contributed by atoms with Gasteiger partial charge in [0.25, 0.3) is 15.9 Å². The van der Waals surface area contributed by atoms with E-state index in [1.807, 2.05) is 13.8 Å². The van der Waals surface area contributed by atoms with Crippen LogP contribution in [0.4, 0.5) is 5.88 Å². The average Bonchev–Trinajstić information content (AvgIpc) is 3.26. The van der Waals surface area contributed by atoms with Crippen molar-refractivity contribution in [1.29, 1.82) is 0 Å². The number of pyridine rings is 1. The monoisotopic (exact) mass is 521 g/mol. The Morgan fingerprint density at radius 2 is 2.03 bits per heavy atom. The van der Waals surface area contributed by atoms with E-state index in [4.69, 9.17) is 4.42 Å². The van der Waals surface area contributed by atoms with Gasteiger partial charge in [0, 0.05) is 12.7 Å².